The van der Waals surface area contributed by atoms with Gasteiger partial charge in [-0.3, -0.25) is 10.1 Å². The summed E-state index contributed by atoms with van der Waals surface area (Å²) in [4.78, 5) is 21.4. The molecule has 0 aliphatic rings. The number of nitrogens with zero attached hydrogens (tertiary/aromatic N) is 3. The Hall–Kier alpha value is -5.99. The fourth-order valence-corrected chi connectivity index (χ4v) is 6.48. The molecule has 0 aliphatic carbocycles. The molecule has 0 saturated heterocycles. The third kappa shape index (κ3) is 11.8. The summed E-state index contributed by atoms with van der Waals surface area (Å²) in [7, 11) is -1.77. The molecule has 3 N–H and O–H groups in total. The molecule has 6 aromatic rings. The number of hydrogen-bond donors (Lipinski definition) is 2. The van der Waals surface area contributed by atoms with Gasteiger partial charge in [0.25, 0.3) is 5.91 Å². The number of aryl methyl sites for hydroxylation is 1. The fraction of sp³-hybridized carbons (Fsp3) is 0.158. The number of methoxy groups -OCH3 is 1. The van der Waals surface area contributed by atoms with Gasteiger partial charge in [-0.2, -0.15) is 5.26 Å². The van der Waals surface area contributed by atoms with Crippen molar-refractivity contribution >= 4 is 48.7 Å². The van der Waals surface area contributed by atoms with Crippen molar-refractivity contribution in [3.63, 3.8) is 0 Å². The van der Waals surface area contributed by atoms with Crippen LogP contribution in [0.1, 0.15) is 28.4 Å². The third-order valence-electron chi connectivity index (χ3n) is 6.97. The summed E-state index contributed by atoms with van der Waals surface area (Å²) in [6.07, 6.45) is 3.95. The number of anilines is 2. The van der Waals surface area contributed by atoms with E-state index in [1.54, 1.807) is 74.1 Å². The SMILES string of the molecule is COC[C@H](C)Oc1cc(Oc2ccc(S(C)(=O)=O)cc2)cc(C(=O)Nc2ncc(Oc3cccc(C)c3)s2)c1.N#Cc1cccc(Oc2cnc(N)s2)c1. The second-order valence-corrected chi connectivity index (χ2v) is 15.6. The van der Waals surface area contributed by atoms with E-state index in [1.165, 1.54) is 34.8 Å². The number of carbonyl (C=O) groups excluding carboxylic acids is 1. The van der Waals surface area contributed by atoms with Crippen LogP contribution in [-0.4, -0.2) is 50.4 Å². The lowest BCUT2D eigenvalue weighted by Gasteiger charge is -2.16. The highest BCUT2D eigenvalue weighted by Gasteiger charge is 2.16. The molecule has 54 heavy (non-hydrogen) atoms. The van der Waals surface area contributed by atoms with Crippen molar-refractivity contribution < 1.29 is 36.9 Å². The Morgan fingerprint density at radius 2 is 1.52 bits per heavy atom. The Bertz CT molecular complexity index is 2360. The number of carbonyl (C=O) groups is 1. The smallest absolute Gasteiger partial charge is 0.257 e. The van der Waals surface area contributed by atoms with E-state index in [2.05, 4.69) is 15.3 Å². The lowest BCUT2D eigenvalue weighted by molar-refractivity contribution is 0.0916. The van der Waals surface area contributed by atoms with E-state index in [9.17, 15) is 13.2 Å². The van der Waals surface area contributed by atoms with Crippen molar-refractivity contribution in [1.29, 1.82) is 5.26 Å². The maximum atomic E-state index is 13.2. The van der Waals surface area contributed by atoms with Gasteiger partial charge < -0.3 is 29.4 Å². The molecule has 2 aromatic heterocycles. The maximum absolute atomic E-state index is 13.2. The highest BCUT2D eigenvalue weighted by atomic mass is 32.2. The van der Waals surface area contributed by atoms with E-state index in [-0.39, 0.29) is 16.6 Å². The Morgan fingerprint density at radius 3 is 2.17 bits per heavy atom. The quantitative estimate of drug-likeness (QED) is 0.114. The third-order valence-corrected chi connectivity index (χ3v) is 9.59. The van der Waals surface area contributed by atoms with Crippen molar-refractivity contribution in [3.8, 4) is 44.9 Å². The lowest BCUT2D eigenvalue weighted by Crippen LogP contribution is -2.18. The first kappa shape index (κ1) is 39.2. The number of amides is 1. The largest absolute Gasteiger partial charge is 0.488 e. The molecule has 0 saturated carbocycles. The van der Waals surface area contributed by atoms with Crippen LogP contribution >= 0.6 is 22.7 Å². The van der Waals surface area contributed by atoms with Crippen molar-refractivity contribution in [2.45, 2.75) is 24.8 Å². The second-order valence-electron chi connectivity index (χ2n) is 11.5. The van der Waals surface area contributed by atoms with Gasteiger partial charge >= 0.3 is 0 Å². The molecule has 13 nitrogen and oxygen atoms in total. The van der Waals surface area contributed by atoms with Gasteiger partial charge in [-0.15, -0.1) is 0 Å². The summed E-state index contributed by atoms with van der Waals surface area (Å²) >= 11 is 2.45. The van der Waals surface area contributed by atoms with Crippen molar-refractivity contribution in [1.82, 2.24) is 9.97 Å². The first-order chi connectivity index (χ1) is 25.9. The zero-order chi connectivity index (χ0) is 38.7. The molecular weight excluding hydrogens is 751 g/mol. The molecule has 2 heterocycles. The predicted molar refractivity (Wildman–Crippen MR) is 207 cm³/mol. The van der Waals surface area contributed by atoms with Gasteiger partial charge in [-0.25, -0.2) is 18.4 Å². The molecule has 0 fully saturated rings. The Labute approximate surface area is 320 Å². The number of nitrogens with one attached hydrogen (secondary N) is 1. The molecule has 0 bridgehead atoms. The van der Waals surface area contributed by atoms with Crippen molar-refractivity contribution in [2.24, 2.45) is 0 Å². The number of sulfone groups is 1. The van der Waals surface area contributed by atoms with Crippen LogP contribution in [0, 0.1) is 18.3 Å². The van der Waals surface area contributed by atoms with Gasteiger partial charge in [0.2, 0.25) is 10.1 Å². The van der Waals surface area contributed by atoms with Crippen LogP contribution in [0.2, 0.25) is 0 Å². The van der Waals surface area contributed by atoms with Crippen LogP contribution in [0.4, 0.5) is 10.3 Å². The molecule has 0 aliphatic heterocycles. The summed E-state index contributed by atoms with van der Waals surface area (Å²) in [6, 6.07) is 27.4. The van der Waals surface area contributed by atoms with E-state index in [4.69, 9.17) is 34.7 Å². The number of ether oxygens (including phenoxy) is 5. The Kier molecular flexibility index (Phi) is 13.2. The zero-order valence-electron chi connectivity index (χ0n) is 29.5. The zero-order valence-corrected chi connectivity index (χ0v) is 32.0. The number of rotatable bonds is 13. The lowest BCUT2D eigenvalue weighted by atomic mass is 10.2. The Balaban J connectivity index is 0.000000310. The molecule has 278 valence electrons. The minimum absolute atomic E-state index is 0.176. The van der Waals surface area contributed by atoms with Crippen LogP contribution in [0.5, 0.6) is 38.9 Å². The number of nitriles is 1. The predicted octanol–water partition coefficient (Wildman–Crippen LogP) is 8.49. The molecular formula is C38H35N5O8S3. The normalized spacial score (nSPS) is 11.3. The summed E-state index contributed by atoms with van der Waals surface area (Å²) in [5.74, 6) is 1.99. The van der Waals surface area contributed by atoms with E-state index in [0.717, 1.165) is 11.8 Å². The molecule has 0 radical (unpaired) electrons. The summed E-state index contributed by atoms with van der Waals surface area (Å²) in [5, 5.41) is 13.4. The second kappa shape index (κ2) is 18.2. The molecule has 1 atom stereocenters. The maximum Gasteiger partial charge on any atom is 0.257 e. The van der Waals surface area contributed by atoms with E-state index in [0.29, 0.717) is 61.3 Å². The van der Waals surface area contributed by atoms with Gasteiger partial charge in [-0.05, 0) is 86.1 Å². The summed E-state index contributed by atoms with van der Waals surface area (Å²) in [5.41, 5.74) is 7.36. The summed E-state index contributed by atoms with van der Waals surface area (Å²) in [6.45, 7) is 4.16. The minimum atomic E-state index is -3.34. The van der Waals surface area contributed by atoms with E-state index >= 15 is 0 Å². The first-order valence-electron chi connectivity index (χ1n) is 16.1. The molecule has 0 unspecified atom stereocenters. The number of aromatic nitrogens is 2. The van der Waals surface area contributed by atoms with Gasteiger partial charge in [0.1, 0.15) is 34.9 Å². The van der Waals surface area contributed by atoms with Crippen LogP contribution in [0.25, 0.3) is 0 Å². The van der Waals surface area contributed by atoms with Gasteiger partial charge in [-0.1, -0.05) is 40.9 Å². The van der Waals surface area contributed by atoms with E-state index < -0.39 is 15.7 Å². The number of hydrogen-bond acceptors (Lipinski definition) is 14. The molecule has 0 spiro atoms. The standard InChI is InChI=1S/C28H28N2O7S2.C10H7N3OS/c1-18-6-5-7-22(12-18)37-26-16-29-28(38-26)30-27(31)20-13-23(35-19(2)17-34-3)15-24(14-20)36-21-8-10-25(11-9-21)39(4,32)33;11-5-7-2-1-3-8(4-7)14-9-6-13-10(12)15-9/h5-16,19H,17H2,1-4H3,(H,29,30,31);1-4,6H,(H2,12,13)/t19-;/m0./s1. The molecule has 6 rings (SSSR count). The Morgan fingerprint density at radius 1 is 0.852 bits per heavy atom. The molecule has 4 aromatic carbocycles. The average molecular weight is 786 g/mol. The van der Waals surface area contributed by atoms with Gasteiger partial charge in [0.15, 0.2) is 20.1 Å². The summed E-state index contributed by atoms with van der Waals surface area (Å²) < 4.78 is 51.8. The number of nitrogens with two attached hydrogens (primary N) is 1. The van der Waals surface area contributed by atoms with Gasteiger partial charge in [0, 0.05) is 25.0 Å². The number of nitrogen functional groups attached to an aromatic ring is 1. The minimum Gasteiger partial charge on any atom is -0.488 e. The number of thiazole rings is 2. The highest BCUT2D eigenvalue weighted by Crippen LogP contribution is 2.33. The van der Waals surface area contributed by atoms with Crippen molar-refractivity contribution in [2.75, 3.05) is 31.0 Å². The van der Waals surface area contributed by atoms with Crippen LogP contribution < -0.4 is 30.0 Å². The molecule has 16 heteroatoms. The van der Waals surface area contributed by atoms with Gasteiger partial charge in [0.05, 0.1) is 35.5 Å². The highest BCUT2D eigenvalue weighted by molar-refractivity contribution is 7.90. The monoisotopic (exact) mass is 785 g/mol. The van der Waals surface area contributed by atoms with E-state index in [1.807, 2.05) is 44.2 Å². The first-order valence-corrected chi connectivity index (χ1v) is 19.6. The van der Waals surface area contributed by atoms with Crippen molar-refractivity contribution in [3.05, 3.63) is 120 Å². The van der Waals surface area contributed by atoms with Crippen LogP contribution in [-0.2, 0) is 14.6 Å². The fourth-order valence-electron chi connectivity index (χ4n) is 4.61. The van der Waals surface area contributed by atoms with Crippen LogP contribution in [0.3, 0.4) is 0 Å². The number of benzene rings is 4. The topological polar surface area (TPSA) is 185 Å². The van der Waals surface area contributed by atoms with Crippen LogP contribution in [0.15, 0.2) is 108 Å². The molecule has 1 amide bonds. The average Bonchev–Trinajstić information content (AvgIpc) is 3.75.